The van der Waals surface area contributed by atoms with Crippen LogP contribution in [0.15, 0.2) is 92.2 Å². The van der Waals surface area contributed by atoms with Gasteiger partial charge < -0.3 is 14.5 Å². The molecule has 6 aromatic rings. The van der Waals surface area contributed by atoms with E-state index in [9.17, 15) is 0 Å². The molecule has 0 fully saturated rings. The first-order valence-corrected chi connectivity index (χ1v) is 10.7. The van der Waals surface area contributed by atoms with Crippen molar-refractivity contribution in [2.24, 2.45) is 7.05 Å². The van der Waals surface area contributed by atoms with E-state index in [0.717, 1.165) is 39.1 Å². The molecule has 0 amide bonds. The Hall–Kier alpha value is -4.52. The molecule has 6 rings (SSSR count). The zero-order chi connectivity index (χ0) is 22.2. The SMILES string of the molecule is Cn1ccc2ccc(-c3cc(NCc4cncc(-n5ccnc5)c4)cc4nccnc34)cc21. The van der Waals surface area contributed by atoms with Gasteiger partial charge in [-0.05, 0) is 46.8 Å². The molecule has 4 heterocycles. The second kappa shape index (κ2) is 7.87. The van der Waals surface area contributed by atoms with Gasteiger partial charge in [-0.25, -0.2) is 4.98 Å². The lowest BCUT2D eigenvalue weighted by molar-refractivity contribution is 0.969. The van der Waals surface area contributed by atoms with Gasteiger partial charge in [0, 0.05) is 67.5 Å². The molecule has 0 saturated heterocycles. The summed E-state index contributed by atoms with van der Waals surface area (Å²) in [7, 11) is 2.06. The summed E-state index contributed by atoms with van der Waals surface area (Å²) in [5, 5.41) is 4.76. The average molecular weight is 432 g/mol. The lowest BCUT2D eigenvalue weighted by atomic mass is 10.0. The third-order valence-corrected chi connectivity index (χ3v) is 5.85. The molecule has 0 aliphatic carbocycles. The highest BCUT2D eigenvalue weighted by atomic mass is 15.0. The van der Waals surface area contributed by atoms with Crippen LogP contribution in [-0.2, 0) is 13.6 Å². The zero-order valence-electron chi connectivity index (χ0n) is 18.1. The van der Waals surface area contributed by atoms with Crippen molar-refractivity contribution in [2.45, 2.75) is 6.54 Å². The summed E-state index contributed by atoms with van der Waals surface area (Å²) in [6.45, 7) is 0.636. The third-order valence-electron chi connectivity index (χ3n) is 5.85. The maximum absolute atomic E-state index is 4.63. The molecule has 0 atom stereocenters. The van der Waals surface area contributed by atoms with Gasteiger partial charge in [-0.15, -0.1) is 0 Å². The number of nitrogens with one attached hydrogen (secondary N) is 1. The van der Waals surface area contributed by atoms with Crippen molar-refractivity contribution < 1.29 is 0 Å². The Morgan fingerprint density at radius 2 is 1.82 bits per heavy atom. The van der Waals surface area contributed by atoms with Crippen LogP contribution in [0.5, 0.6) is 0 Å². The topological polar surface area (TPSA) is 73.5 Å². The first-order valence-electron chi connectivity index (χ1n) is 10.7. The molecule has 0 aliphatic rings. The molecule has 4 aromatic heterocycles. The molecule has 0 aliphatic heterocycles. The van der Waals surface area contributed by atoms with E-state index in [-0.39, 0.29) is 0 Å². The number of hydrogen-bond acceptors (Lipinski definition) is 5. The van der Waals surface area contributed by atoms with Crippen molar-refractivity contribution in [3.8, 4) is 16.8 Å². The number of pyridine rings is 1. The van der Waals surface area contributed by atoms with Gasteiger partial charge >= 0.3 is 0 Å². The van der Waals surface area contributed by atoms with Crippen LogP contribution in [-0.4, -0.2) is 29.1 Å². The van der Waals surface area contributed by atoms with Crippen LogP contribution in [0.2, 0.25) is 0 Å². The number of rotatable bonds is 5. The standard InChI is InChI=1S/C26H21N7/c1-32-8-4-19-2-3-20(11-25(19)32)23-12-21(13-24-26(23)30-6-5-29-24)31-15-18-10-22(16-28-14-18)33-9-7-27-17-33/h2-14,16-17,31H,15H2,1H3. The first kappa shape index (κ1) is 19.2. The van der Waals surface area contributed by atoms with Gasteiger partial charge in [-0.2, -0.15) is 0 Å². The Morgan fingerprint density at radius 3 is 2.73 bits per heavy atom. The monoisotopic (exact) mass is 431 g/mol. The van der Waals surface area contributed by atoms with Gasteiger partial charge in [-0.1, -0.05) is 12.1 Å². The van der Waals surface area contributed by atoms with E-state index in [2.05, 4.69) is 79.5 Å². The van der Waals surface area contributed by atoms with E-state index >= 15 is 0 Å². The Bertz CT molecular complexity index is 1580. The maximum Gasteiger partial charge on any atom is 0.0992 e. The van der Waals surface area contributed by atoms with Crippen LogP contribution >= 0.6 is 0 Å². The normalized spacial score (nSPS) is 11.3. The quantitative estimate of drug-likeness (QED) is 0.417. The molecule has 0 radical (unpaired) electrons. The highest BCUT2D eigenvalue weighted by Gasteiger charge is 2.11. The van der Waals surface area contributed by atoms with Gasteiger partial charge in [0.1, 0.15) is 0 Å². The molecule has 7 heteroatoms. The van der Waals surface area contributed by atoms with E-state index in [1.807, 2.05) is 29.2 Å². The minimum atomic E-state index is 0.636. The molecule has 0 saturated carbocycles. The van der Waals surface area contributed by atoms with E-state index < -0.39 is 0 Å². The van der Waals surface area contributed by atoms with Crippen molar-refractivity contribution in [1.29, 1.82) is 0 Å². The summed E-state index contributed by atoms with van der Waals surface area (Å²) < 4.78 is 4.08. The predicted octanol–water partition coefficient (Wildman–Crippen LogP) is 4.98. The lowest BCUT2D eigenvalue weighted by Crippen LogP contribution is -2.02. The van der Waals surface area contributed by atoms with E-state index in [0.29, 0.717) is 6.54 Å². The second-order valence-electron chi connectivity index (χ2n) is 8.02. The van der Waals surface area contributed by atoms with Crippen molar-refractivity contribution >= 4 is 27.6 Å². The summed E-state index contributed by atoms with van der Waals surface area (Å²) in [5.74, 6) is 0. The van der Waals surface area contributed by atoms with Gasteiger partial charge in [0.25, 0.3) is 0 Å². The van der Waals surface area contributed by atoms with Crippen LogP contribution < -0.4 is 5.32 Å². The van der Waals surface area contributed by atoms with E-state index in [1.54, 1.807) is 24.9 Å². The zero-order valence-corrected chi connectivity index (χ0v) is 18.1. The van der Waals surface area contributed by atoms with Gasteiger partial charge in [0.15, 0.2) is 0 Å². The maximum atomic E-state index is 4.63. The molecule has 160 valence electrons. The number of aromatic nitrogens is 6. The number of hydrogen-bond donors (Lipinski definition) is 1. The van der Waals surface area contributed by atoms with E-state index in [4.69, 9.17) is 0 Å². The molecular formula is C26H21N7. The fourth-order valence-electron chi connectivity index (χ4n) is 4.15. The molecule has 0 bridgehead atoms. The third kappa shape index (κ3) is 3.59. The molecule has 1 N–H and O–H groups in total. The van der Waals surface area contributed by atoms with Crippen molar-refractivity contribution in [3.63, 3.8) is 0 Å². The van der Waals surface area contributed by atoms with E-state index in [1.165, 1.54) is 10.9 Å². The Labute approximate surface area is 190 Å². The Kier molecular flexibility index (Phi) is 4.58. The summed E-state index contributed by atoms with van der Waals surface area (Å²) in [4.78, 5) is 17.7. The number of imidazole rings is 1. The first-order chi connectivity index (χ1) is 16.2. The molecule has 33 heavy (non-hydrogen) atoms. The Morgan fingerprint density at radius 1 is 0.879 bits per heavy atom. The predicted molar refractivity (Wildman–Crippen MR) is 130 cm³/mol. The number of benzene rings is 2. The van der Waals surface area contributed by atoms with Crippen LogP contribution in [0.3, 0.4) is 0 Å². The number of nitrogens with zero attached hydrogens (tertiary/aromatic N) is 6. The molecule has 0 spiro atoms. The summed E-state index contributed by atoms with van der Waals surface area (Å²) >= 11 is 0. The largest absolute Gasteiger partial charge is 0.381 e. The van der Waals surface area contributed by atoms with Crippen molar-refractivity contribution in [3.05, 3.63) is 97.7 Å². The molecule has 0 unspecified atom stereocenters. The van der Waals surface area contributed by atoms with Crippen LogP contribution in [0, 0.1) is 0 Å². The highest BCUT2D eigenvalue weighted by Crippen LogP contribution is 2.32. The lowest BCUT2D eigenvalue weighted by Gasteiger charge is -2.12. The Balaban J connectivity index is 1.36. The minimum absolute atomic E-state index is 0.636. The smallest absolute Gasteiger partial charge is 0.0992 e. The van der Waals surface area contributed by atoms with Gasteiger partial charge in [-0.3, -0.25) is 15.0 Å². The van der Waals surface area contributed by atoms with Crippen LogP contribution in [0.4, 0.5) is 5.69 Å². The number of anilines is 1. The highest BCUT2D eigenvalue weighted by molar-refractivity contribution is 5.97. The van der Waals surface area contributed by atoms with Gasteiger partial charge in [0.05, 0.1) is 29.2 Å². The molecule has 7 nitrogen and oxygen atoms in total. The summed E-state index contributed by atoms with van der Waals surface area (Å²) in [6, 6.07) is 14.9. The van der Waals surface area contributed by atoms with Gasteiger partial charge in [0.2, 0.25) is 0 Å². The fourth-order valence-corrected chi connectivity index (χ4v) is 4.15. The fraction of sp³-hybridized carbons (Fsp3) is 0.0769. The number of fused-ring (bicyclic) bond motifs is 2. The summed E-state index contributed by atoms with van der Waals surface area (Å²) in [5.41, 5.74) is 8.14. The molecular weight excluding hydrogens is 410 g/mol. The van der Waals surface area contributed by atoms with Crippen molar-refractivity contribution in [2.75, 3.05) is 5.32 Å². The number of aryl methyl sites for hydroxylation is 1. The van der Waals surface area contributed by atoms with Crippen LogP contribution in [0.25, 0.3) is 38.8 Å². The average Bonchev–Trinajstić information content (AvgIpc) is 3.53. The second-order valence-corrected chi connectivity index (χ2v) is 8.02. The minimum Gasteiger partial charge on any atom is -0.381 e. The van der Waals surface area contributed by atoms with Crippen LogP contribution in [0.1, 0.15) is 5.56 Å². The molecule has 2 aromatic carbocycles. The summed E-state index contributed by atoms with van der Waals surface area (Å²) in [6.07, 6.45) is 14.7. The van der Waals surface area contributed by atoms with Crippen molar-refractivity contribution in [1.82, 2.24) is 29.1 Å².